The number of hydrogen-bond acceptors (Lipinski definition) is 2. The Morgan fingerprint density at radius 2 is 2.12 bits per heavy atom. The minimum Gasteiger partial charge on any atom is -0.364 e. The van der Waals surface area contributed by atoms with Crippen molar-refractivity contribution in [3.63, 3.8) is 0 Å². The quantitative estimate of drug-likeness (QED) is 0.666. The number of rotatable bonds is 2. The lowest BCUT2D eigenvalue weighted by Crippen LogP contribution is -2.50. The Kier molecular flexibility index (Phi) is 3.17. The van der Waals surface area contributed by atoms with Crippen LogP contribution in [0.15, 0.2) is 25.4 Å². The Bertz CT molecular complexity index is 310. The summed E-state index contributed by atoms with van der Waals surface area (Å²) in [6.45, 7) is 8.64. The lowest BCUT2D eigenvalue weighted by molar-refractivity contribution is -0.126. The highest BCUT2D eigenvalue weighted by atomic mass is 16.1. The minimum absolute atomic E-state index is 0.292. The van der Waals surface area contributed by atoms with E-state index in [4.69, 9.17) is 0 Å². The third-order valence-corrected chi connectivity index (χ3v) is 4.27. The van der Waals surface area contributed by atoms with Gasteiger partial charge in [0.05, 0.1) is 0 Å². The first-order chi connectivity index (χ1) is 7.75. The summed E-state index contributed by atoms with van der Waals surface area (Å²) in [6, 6.07) is 0. The van der Waals surface area contributed by atoms with Crippen LogP contribution in [0.2, 0.25) is 0 Å². The standard InChI is InChI=1S/C14H21NO/c1-3-12-8-6-5-7-10-14(12)13(16)9-11-15(14)4-2/h3-4,12H,1-2,5-11H2. The number of hydrogen-bond donors (Lipinski definition) is 0. The smallest absolute Gasteiger partial charge is 0.160 e. The molecule has 88 valence electrons. The van der Waals surface area contributed by atoms with Crippen LogP contribution in [0.1, 0.15) is 38.5 Å². The minimum atomic E-state index is -0.292. The number of Topliss-reactive ketones (excluding diaryl/α,β-unsaturated/α-hetero) is 1. The molecule has 2 unspecified atom stereocenters. The average Bonchev–Trinajstić information content (AvgIpc) is 2.51. The van der Waals surface area contributed by atoms with Crippen LogP contribution in [0.25, 0.3) is 0 Å². The van der Waals surface area contributed by atoms with E-state index in [1.165, 1.54) is 12.8 Å². The van der Waals surface area contributed by atoms with Crippen LogP contribution in [0, 0.1) is 5.92 Å². The number of nitrogens with zero attached hydrogens (tertiary/aromatic N) is 1. The molecule has 1 heterocycles. The van der Waals surface area contributed by atoms with Gasteiger partial charge in [-0.3, -0.25) is 4.79 Å². The van der Waals surface area contributed by atoms with E-state index in [-0.39, 0.29) is 5.54 Å². The van der Waals surface area contributed by atoms with Crippen molar-refractivity contribution in [2.75, 3.05) is 6.54 Å². The third kappa shape index (κ3) is 1.51. The van der Waals surface area contributed by atoms with Gasteiger partial charge in [-0.25, -0.2) is 0 Å². The van der Waals surface area contributed by atoms with Gasteiger partial charge in [0.15, 0.2) is 5.78 Å². The van der Waals surface area contributed by atoms with Gasteiger partial charge in [-0.05, 0) is 19.0 Å². The first-order valence-electron chi connectivity index (χ1n) is 6.31. The Hall–Kier alpha value is -1.05. The molecule has 0 aromatic rings. The maximum atomic E-state index is 12.3. The second-order valence-electron chi connectivity index (χ2n) is 4.91. The lowest BCUT2D eigenvalue weighted by Gasteiger charge is -2.40. The Morgan fingerprint density at radius 1 is 1.31 bits per heavy atom. The molecule has 0 N–H and O–H groups in total. The molecule has 2 atom stereocenters. The zero-order valence-electron chi connectivity index (χ0n) is 9.95. The second-order valence-corrected chi connectivity index (χ2v) is 4.91. The van der Waals surface area contributed by atoms with Crippen molar-refractivity contribution in [3.05, 3.63) is 25.4 Å². The van der Waals surface area contributed by atoms with E-state index in [9.17, 15) is 4.79 Å². The highest BCUT2D eigenvalue weighted by Crippen LogP contribution is 2.42. The fourth-order valence-corrected chi connectivity index (χ4v) is 3.43. The van der Waals surface area contributed by atoms with E-state index in [1.54, 1.807) is 0 Å². The number of ketones is 1. The summed E-state index contributed by atoms with van der Waals surface area (Å²) in [6.07, 6.45) is 10.2. The number of likely N-dealkylation sites (tertiary alicyclic amines) is 1. The fourth-order valence-electron chi connectivity index (χ4n) is 3.43. The Labute approximate surface area is 98.0 Å². The molecule has 0 aromatic heterocycles. The number of carbonyl (C=O) groups is 1. The number of carbonyl (C=O) groups excluding carboxylic acids is 1. The van der Waals surface area contributed by atoms with Crippen molar-refractivity contribution >= 4 is 5.78 Å². The summed E-state index contributed by atoms with van der Waals surface area (Å²) in [5.41, 5.74) is -0.292. The van der Waals surface area contributed by atoms with Gasteiger partial charge in [0.25, 0.3) is 0 Å². The molecular formula is C14H21NO. The summed E-state index contributed by atoms with van der Waals surface area (Å²) < 4.78 is 0. The van der Waals surface area contributed by atoms with Crippen LogP contribution in [-0.2, 0) is 4.79 Å². The molecule has 2 heteroatoms. The van der Waals surface area contributed by atoms with Crippen molar-refractivity contribution in [1.82, 2.24) is 4.90 Å². The molecule has 2 aliphatic rings. The molecule has 0 bridgehead atoms. The van der Waals surface area contributed by atoms with Crippen LogP contribution < -0.4 is 0 Å². The van der Waals surface area contributed by atoms with Crippen molar-refractivity contribution in [2.45, 2.75) is 44.1 Å². The van der Waals surface area contributed by atoms with Gasteiger partial charge in [0.2, 0.25) is 0 Å². The van der Waals surface area contributed by atoms with E-state index in [0.29, 0.717) is 18.1 Å². The van der Waals surface area contributed by atoms with Crippen molar-refractivity contribution in [1.29, 1.82) is 0 Å². The summed E-state index contributed by atoms with van der Waals surface area (Å²) >= 11 is 0. The summed E-state index contributed by atoms with van der Waals surface area (Å²) in [5, 5.41) is 0. The predicted molar refractivity (Wildman–Crippen MR) is 66.0 cm³/mol. The van der Waals surface area contributed by atoms with Gasteiger partial charge < -0.3 is 4.90 Å². The second kappa shape index (κ2) is 4.44. The van der Waals surface area contributed by atoms with Gasteiger partial charge in [0.1, 0.15) is 5.54 Å². The van der Waals surface area contributed by atoms with Crippen molar-refractivity contribution in [3.8, 4) is 0 Å². The summed E-state index contributed by atoms with van der Waals surface area (Å²) in [7, 11) is 0. The largest absolute Gasteiger partial charge is 0.364 e. The molecular weight excluding hydrogens is 198 g/mol. The van der Waals surface area contributed by atoms with Gasteiger partial charge in [-0.1, -0.05) is 31.9 Å². The van der Waals surface area contributed by atoms with E-state index in [0.717, 1.165) is 25.8 Å². The molecule has 0 amide bonds. The highest BCUT2D eigenvalue weighted by Gasteiger charge is 2.51. The van der Waals surface area contributed by atoms with Gasteiger partial charge in [-0.15, -0.1) is 6.58 Å². The first kappa shape index (κ1) is 11.4. The van der Waals surface area contributed by atoms with Crippen LogP contribution in [0.3, 0.4) is 0 Å². The molecule has 2 fully saturated rings. The maximum absolute atomic E-state index is 12.3. The molecule has 1 saturated carbocycles. The van der Waals surface area contributed by atoms with Crippen molar-refractivity contribution < 1.29 is 4.79 Å². The molecule has 16 heavy (non-hydrogen) atoms. The lowest BCUT2D eigenvalue weighted by atomic mass is 9.77. The van der Waals surface area contributed by atoms with Crippen LogP contribution >= 0.6 is 0 Å². The molecule has 1 aliphatic heterocycles. The predicted octanol–water partition coefficient (Wildman–Crippen LogP) is 2.91. The fraction of sp³-hybridized carbons (Fsp3) is 0.643. The zero-order valence-corrected chi connectivity index (χ0v) is 9.95. The molecule has 2 nitrogen and oxygen atoms in total. The normalized spacial score (nSPS) is 35.1. The third-order valence-electron chi connectivity index (χ3n) is 4.27. The molecule has 1 spiro atoms. The van der Waals surface area contributed by atoms with Crippen LogP contribution in [0.4, 0.5) is 0 Å². The van der Waals surface area contributed by atoms with Gasteiger partial charge in [0, 0.05) is 18.9 Å². The highest BCUT2D eigenvalue weighted by molar-refractivity contribution is 5.91. The van der Waals surface area contributed by atoms with Crippen LogP contribution in [0.5, 0.6) is 0 Å². The molecule has 2 rings (SSSR count). The first-order valence-corrected chi connectivity index (χ1v) is 6.31. The SMILES string of the molecule is C=CC1CCCCCC12C(=O)CCN2C=C. The molecule has 1 aliphatic carbocycles. The van der Waals surface area contributed by atoms with Crippen molar-refractivity contribution in [2.24, 2.45) is 5.92 Å². The summed E-state index contributed by atoms with van der Waals surface area (Å²) in [4.78, 5) is 14.5. The molecule has 1 saturated heterocycles. The van der Waals surface area contributed by atoms with E-state index < -0.39 is 0 Å². The average molecular weight is 219 g/mol. The monoisotopic (exact) mass is 219 g/mol. The van der Waals surface area contributed by atoms with Gasteiger partial charge in [-0.2, -0.15) is 0 Å². The maximum Gasteiger partial charge on any atom is 0.160 e. The van der Waals surface area contributed by atoms with E-state index in [2.05, 4.69) is 18.1 Å². The Balaban J connectivity index is 2.39. The molecule has 0 radical (unpaired) electrons. The van der Waals surface area contributed by atoms with Gasteiger partial charge >= 0.3 is 0 Å². The summed E-state index contributed by atoms with van der Waals surface area (Å²) in [5.74, 6) is 0.710. The topological polar surface area (TPSA) is 20.3 Å². The van der Waals surface area contributed by atoms with E-state index >= 15 is 0 Å². The zero-order chi connectivity index (χ0) is 11.6. The van der Waals surface area contributed by atoms with E-state index in [1.807, 2.05) is 12.3 Å². The Morgan fingerprint density at radius 3 is 2.81 bits per heavy atom. The van der Waals surface area contributed by atoms with Crippen LogP contribution in [-0.4, -0.2) is 22.8 Å². The molecule has 0 aromatic carbocycles.